The molecule has 0 fully saturated rings. The third-order valence-corrected chi connectivity index (χ3v) is 1.82. The van der Waals surface area contributed by atoms with Gasteiger partial charge in [0.1, 0.15) is 5.69 Å². The number of aryl methyl sites for hydroxylation is 1. The van der Waals surface area contributed by atoms with Crippen molar-refractivity contribution in [2.24, 2.45) is 0 Å². The van der Waals surface area contributed by atoms with E-state index in [0.717, 1.165) is 0 Å². The number of rotatable bonds is 3. The summed E-state index contributed by atoms with van der Waals surface area (Å²) in [5, 5.41) is 20.9. The highest BCUT2D eigenvalue weighted by Crippen LogP contribution is 2.19. The van der Waals surface area contributed by atoms with E-state index in [9.17, 15) is 20.2 Å². The maximum Gasteiger partial charge on any atom is 0.290 e. The fourth-order valence-electron chi connectivity index (χ4n) is 0.997. The number of nitro groups is 2. The zero-order chi connectivity index (χ0) is 11.6. The van der Waals surface area contributed by atoms with Crippen LogP contribution in [0.5, 0.6) is 0 Å². The molecular formula is C7H8N4O4. The summed E-state index contributed by atoms with van der Waals surface area (Å²) in [6, 6.07) is 2.42. The molecule has 0 radical (unpaired) electrons. The molecule has 0 aromatic carbocycles. The first kappa shape index (κ1) is 10.8. The standard InChI is InChI=1S/C7H8N4O4/c1-5-6(10(12)13)3-4-7(8-5)9(2)11(14)15/h3-4H,1-2H3. The van der Waals surface area contributed by atoms with Crippen LogP contribution in [0.1, 0.15) is 5.69 Å². The van der Waals surface area contributed by atoms with Gasteiger partial charge in [0.2, 0.25) is 0 Å². The molecule has 1 aromatic rings. The van der Waals surface area contributed by atoms with E-state index in [1.54, 1.807) is 0 Å². The highest BCUT2D eigenvalue weighted by molar-refractivity contribution is 5.44. The molecule has 0 saturated carbocycles. The number of aromatic nitrogens is 1. The Morgan fingerprint density at radius 2 is 1.93 bits per heavy atom. The smallest absolute Gasteiger partial charge is 0.258 e. The van der Waals surface area contributed by atoms with Crippen molar-refractivity contribution in [2.75, 3.05) is 12.1 Å². The Labute approximate surface area is 84.4 Å². The van der Waals surface area contributed by atoms with Gasteiger partial charge in [0, 0.05) is 6.07 Å². The highest BCUT2D eigenvalue weighted by Gasteiger charge is 2.17. The fourth-order valence-corrected chi connectivity index (χ4v) is 0.997. The molecule has 0 aliphatic carbocycles. The van der Waals surface area contributed by atoms with Crippen molar-refractivity contribution in [3.8, 4) is 0 Å². The van der Waals surface area contributed by atoms with Gasteiger partial charge < -0.3 is 0 Å². The number of hydrogen-bond donors (Lipinski definition) is 0. The van der Waals surface area contributed by atoms with Gasteiger partial charge in [0.15, 0.2) is 10.9 Å². The largest absolute Gasteiger partial charge is 0.290 e. The third-order valence-electron chi connectivity index (χ3n) is 1.82. The molecule has 0 unspecified atom stereocenters. The van der Waals surface area contributed by atoms with Gasteiger partial charge in [-0.05, 0) is 13.0 Å². The minimum Gasteiger partial charge on any atom is -0.258 e. The molecule has 0 atom stereocenters. The molecular weight excluding hydrogens is 204 g/mol. The van der Waals surface area contributed by atoms with Crippen LogP contribution in [0.15, 0.2) is 12.1 Å². The molecule has 0 aliphatic rings. The summed E-state index contributed by atoms with van der Waals surface area (Å²) in [5.74, 6) is 0.0584. The van der Waals surface area contributed by atoms with Crippen molar-refractivity contribution < 1.29 is 9.96 Å². The minimum absolute atomic E-state index is 0.0584. The molecule has 0 spiro atoms. The molecule has 80 valence electrons. The lowest BCUT2D eigenvalue weighted by molar-refractivity contribution is -0.490. The van der Waals surface area contributed by atoms with E-state index in [-0.39, 0.29) is 17.2 Å². The summed E-state index contributed by atoms with van der Waals surface area (Å²) in [7, 11) is 1.22. The van der Waals surface area contributed by atoms with Gasteiger partial charge in [-0.25, -0.2) is 15.1 Å². The first-order valence-corrected chi connectivity index (χ1v) is 3.93. The predicted octanol–water partition coefficient (Wildman–Crippen LogP) is 0.926. The third kappa shape index (κ3) is 2.16. The van der Waals surface area contributed by atoms with E-state index >= 15 is 0 Å². The Morgan fingerprint density at radius 3 is 2.33 bits per heavy atom. The van der Waals surface area contributed by atoms with Crippen molar-refractivity contribution in [3.63, 3.8) is 0 Å². The molecule has 0 bridgehead atoms. The maximum absolute atomic E-state index is 10.5. The average molecular weight is 212 g/mol. The van der Waals surface area contributed by atoms with Crippen LogP contribution in [0, 0.1) is 27.2 Å². The molecule has 1 rings (SSSR count). The predicted molar refractivity (Wildman–Crippen MR) is 51.0 cm³/mol. The first-order chi connectivity index (χ1) is 6.93. The van der Waals surface area contributed by atoms with Gasteiger partial charge in [-0.3, -0.25) is 10.1 Å². The monoisotopic (exact) mass is 212 g/mol. The van der Waals surface area contributed by atoms with E-state index in [1.165, 1.54) is 26.1 Å². The quantitative estimate of drug-likeness (QED) is 0.545. The van der Waals surface area contributed by atoms with Crippen molar-refractivity contribution in [1.82, 2.24) is 4.98 Å². The second kappa shape index (κ2) is 3.86. The topological polar surface area (TPSA) is 102 Å². The zero-order valence-electron chi connectivity index (χ0n) is 8.08. The van der Waals surface area contributed by atoms with Gasteiger partial charge >= 0.3 is 0 Å². The SMILES string of the molecule is Cc1nc(N(C)[N+](=O)[O-])ccc1[N+](=O)[O-]. The molecule has 15 heavy (non-hydrogen) atoms. The zero-order valence-corrected chi connectivity index (χ0v) is 8.08. The fraction of sp³-hybridized carbons (Fsp3) is 0.286. The summed E-state index contributed by atoms with van der Waals surface area (Å²) in [6.07, 6.45) is 0. The second-order valence-electron chi connectivity index (χ2n) is 2.79. The lowest BCUT2D eigenvalue weighted by Gasteiger charge is -2.07. The van der Waals surface area contributed by atoms with Crippen molar-refractivity contribution in [2.45, 2.75) is 6.92 Å². The summed E-state index contributed by atoms with van der Waals surface area (Å²) in [5.41, 5.74) is -0.0123. The van der Waals surface area contributed by atoms with Crippen LogP contribution in [0.25, 0.3) is 0 Å². The van der Waals surface area contributed by atoms with Crippen LogP contribution in [-0.2, 0) is 0 Å². The summed E-state index contributed by atoms with van der Waals surface area (Å²) in [4.78, 5) is 24.0. The lowest BCUT2D eigenvalue weighted by atomic mass is 10.3. The number of anilines is 1. The van der Waals surface area contributed by atoms with Gasteiger partial charge in [-0.2, -0.15) is 0 Å². The van der Waals surface area contributed by atoms with Crippen LogP contribution in [0.3, 0.4) is 0 Å². The van der Waals surface area contributed by atoms with Gasteiger partial charge in [0.25, 0.3) is 5.69 Å². The molecule has 8 heteroatoms. The first-order valence-electron chi connectivity index (χ1n) is 3.93. The van der Waals surface area contributed by atoms with E-state index < -0.39 is 9.96 Å². The molecule has 0 amide bonds. The summed E-state index contributed by atoms with van der Waals surface area (Å²) in [6.45, 7) is 1.43. The normalized spacial score (nSPS) is 9.73. The molecule has 1 heterocycles. The Balaban J connectivity index is 3.12. The Hall–Kier alpha value is -2.25. The maximum atomic E-state index is 10.5. The van der Waals surface area contributed by atoms with Gasteiger partial charge in [0.05, 0.1) is 12.0 Å². The number of nitrogens with zero attached hydrogens (tertiary/aromatic N) is 4. The van der Waals surface area contributed by atoms with Gasteiger partial charge in [-0.1, -0.05) is 5.01 Å². The Bertz CT molecular complexity index is 419. The van der Waals surface area contributed by atoms with Crippen LogP contribution in [0.2, 0.25) is 0 Å². The van der Waals surface area contributed by atoms with E-state index in [2.05, 4.69) is 4.98 Å². The van der Waals surface area contributed by atoms with Crippen LogP contribution >= 0.6 is 0 Å². The number of hydrogen-bond acceptors (Lipinski definition) is 5. The van der Waals surface area contributed by atoms with E-state index in [1.807, 2.05) is 0 Å². The summed E-state index contributed by atoms with van der Waals surface area (Å²) >= 11 is 0. The van der Waals surface area contributed by atoms with Crippen molar-refractivity contribution in [3.05, 3.63) is 38.1 Å². The molecule has 0 saturated heterocycles. The Morgan fingerprint density at radius 1 is 1.33 bits per heavy atom. The van der Waals surface area contributed by atoms with Crippen molar-refractivity contribution >= 4 is 11.5 Å². The molecule has 0 N–H and O–H groups in total. The average Bonchev–Trinajstić information content (AvgIpc) is 2.15. The van der Waals surface area contributed by atoms with Crippen molar-refractivity contribution in [1.29, 1.82) is 0 Å². The van der Waals surface area contributed by atoms with E-state index in [0.29, 0.717) is 5.01 Å². The van der Waals surface area contributed by atoms with Crippen LogP contribution in [-0.4, -0.2) is 22.0 Å². The van der Waals surface area contributed by atoms with Crippen LogP contribution < -0.4 is 5.01 Å². The Kier molecular flexibility index (Phi) is 2.79. The highest BCUT2D eigenvalue weighted by atomic mass is 16.7. The minimum atomic E-state index is -0.659. The summed E-state index contributed by atoms with van der Waals surface area (Å²) < 4.78 is 0. The molecule has 8 nitrogen and oxygen atoms in total. The van der Waals surface area contributed by atoms with Gasteiger partial charge in [-0.15, -0.1) is 0 Å². The van der Waals surface area contributed by atoms with E-state index in [4.69, 9.17) is 0 Å². The second-order valence-corrected chi connectivity index (χ2v) is 2.79. The lowest BCUT2D eigenvalue weighted by Crippen LogP contribution is -2.25. The number of hydrazine groups is 1. The molecule has 1 aromatic heterocycles. The van der Waals surface area contributed by atoms with Crippen LogP contribution in [0.4, 0.5) is 11.5 Å². The number of pyridine rings is 1. The molecule has 0 aliphatic heterocycles.